The van der Waals surface area contributed by atoms with Crippen LogP contribution in [-0.2, 0) is 26.8 Å². The molecule has 0 fully saturated rings. The Balaban J connectivity index is 4.27. The second-order valence-corrected chi connectivity index (χ2v) is 9.61. The third kappa shape index (κ3) is 5.50. The first-order chi connectivity index (χ1) is 14.3. The number of carbonyl (C=O) groups is 2. The van der Waals surface area contributed by atoms with Gasteiger partial charge in [-0.2, -0.15) is 0 Å². The summed E-state index contributed by atoms with van der Waals surface area (Å²) in [6.45, 7) is 16.3. The number of rotatable bonds is 11. The normalized spacial score (nSPS) is 12.0. The van der Waals surface area contributed by atoms with E-state index in [2.05, 4.69) is 41.5 Å². The lowest BCUT2D eigenvalue weighted by Gasteiger charge is -2.35. The SMILES string of the molecule is CCCC(C)(C)c1cc(C(CC)=C(C(=O)O)C(=O)O)c(CC)c(C(C)(C)CCC)c1O. The maximum atomic E-state index is 11.9. The van der Waals surface area contributed by atoms with Gasteiger partial charge in [0, 0.05) is 11.1 Å². The molecular weight excluding hydrogens is 392 g/mol. The third-order valence-electron chi connectivity index (χ3n) is 6.33. The zero-order chi connectivity index (χ0) is 24.1. The molecule has 0 aromatic heterocycles. The summed E-state index contributed by atoms with van der Waals surface area (Å²) in [7, 11) is 0. The van der Waals surface area contributed by atoms with Crippen molar-refractivity contribution in [2.45, 2.75) is 105 Å². The maximum absolute atomic E-state index is 11.9. The molecular formula is C26H40O5. The molecule has 174 valence electrons. The Bertz CT molecular complexity index is 843. The molecule has 0 radical (unpaired) electrons. The van der Waals surface area contributed by atoms with Gasteiger partial charge in [0.05, 0.1) is 0 Å². The minimum Gasteiger partial charge on any atom is -0.507 e. The van der Waals surface area contributed by atoms with E-state index in [0.29, 0.717) is 17.6 Å². The van der Waals surface area contributed by atoms with E-state index in [1.807, 2.05) is 13.0 Å². The Kier molecular flexibility index (Phi) is 8.92. The van der Waals surface area contributed by atoms with Crippen LogP contribution < -0.4 is 0 Å². The molecule has 31 heavy (non-hydrogen) atoms. The van der Waals surface area contributed by atoms with Crippen LogP contribution in [0.25, 0.3) is 5.57 Å². The number of benzene rings is 1. The van der Waals surface area contributed by atoms with Gasteiger partial charge in [-0.15, -0.1) is 0 Å². The van der Waals surface area contributed by atoms with Gasteiger partial charge in [0.2, 0.25) is 0 Å². The molecule has 0 aliphatic carbocycles. The van der Waals surface area contributed by atoms with Crippen molar-refractivity contribution in [1.29, 1.82) is 0 Å². The van der Waals surface area contributed by atoms with Crippen molar-refractivity contribution in [1.82, 2.24) is 0 Å². The minimum absolute atomic E-state index is 0.264. The first kappa shape index (κ1) is 26.7. The number of aliphatic carboxylic acids is 2. The number of aromatic hydroxyl groups is 1. The van der Waals surface area contributed by atoms with E-state index in [1.54, 1.807) is 6.92 Å². The Labute approximate surface area is 187 Å². The zero-order valence-corrected chi connectivity index (χ0v) is 20.5. The molecule has 1 rings (SSSR count). The third-order valence-corrected chi connectivity index (χ3v) is 6.33. The molecule has 0 amide bonds. The van der Waals surface area contributed by atoms with Crippen molar-refractivity contribution in [3.63, 3.8) is 0 Å². The lowest BCUT2D eigenvalue weighted by Crippen LogP contribution is -2.25. The molecule has 0 atom stereocenters. The van der Waals surface area contributed by atoms with E-state index in [9.17, 15) is 24.9 Å². The van der Waals surface area contributed by atoms with E-state index in [0.717, 1.165) is 42.4 Å². The van der Waals surface area contributed by atoms with Crippen molar-refractivity contribution in [3.8, 4) is 5.75 Å². The van der Waals surface area contributed by atoms with Gasteiger partial charge in [-0.3, -0.25) is 0 Å². The molecule has 5 heteroatoms. The molecule has 0 aliphatic heterocycles. The summed E-state index contributed by atoms with van der Waals surface area (Å²) in [6.07, 6.45) is 4.38. The average molecular weight is 433 g/mol. The largest absolute Gasteiger partial charge is 0.507 e. The molecule has 0 spiro atoms. The first-order valence-electron chi connectivity index (χ1n) is 11.4. The number of allylic oxidation sites excluding steroid dienone is 1. The van der Waals surface area contributed by atoms with Gasteiger partial charge in [0.1, 0.15) is 11.3 Å². The van der Waals surface area contributed by atoms with E-state index >= 15 is 0 Å². The van der Waals surface area contributed by atoms with Gasteiger partial charge < -0.3 is 15.3 Å². The highest BCUT2D eigenvalue weighted by Crippen LogP contribution is 2.47. The van der Waals surface area contributed by atoms with E-state index in [4.69, 9.17) is 0 Å². The summed E-state index contributed by atoms with van der Waals surface area (Å²) in [4.78, 5) is 23.7. The average Bonchev–Trinajstić information content (AvgIpc) is 2.64. The second-order valence-electron chi connectivity index (χ2n) is 9.61. The highest BCUT2D eigenvalue weighted by Gasteiger charge is 2.35. The summed E-state index contributed by atoms with van der Waals surface area (Å²) in [5.74, 6) is -2.62. The minimum atomic E-state index is -1.44. The Hall–Kier alpha value is -2.30. The number of phenolic OH excluding ortho intramolecular Hbond substituents is 1. The number of carboxylic acids is 2. The van der Waals surface area contributed by atoms with Gasteiger partial charge in [-0.25, -0.2) is 9.59 Å². The summed E-state index contributed by atoms with van der Waals surface area (Å²) < 4.78 is 0. The Morgan fingerprint density at radius 2 is 1.35 bits per heavy atom. The fourth-order valence-corrected chi connectivity index (χ4v) is 4.95. The number of hydrogen-bond acceptors (Lipinski definition) is 3. The molecule has 0 saturated heterocycles. The van der Waals surface area contributed by atoms with Gasteiger partial charge >= 0.3 is 11.9 Å². The summed E-state index contributed by atoms with van der Waals surface area (Å²) in [5, 5.41) is 30.8. The van der Waals surface area contributed by atoms with Crippen LogP contribution in [0.15, 0.2) is 11.6 Å². The Morgan fingerprint density at radius 1 is 0.871 bits per heavy atom. The van der Waals surface area contributed by atoms with Crippen LogP contribution in [-0.4, -0.2) is 27.3 Å². The fraction of sp³-hybridized carbons (Fsp3) is 0.615. The van der Waals surface area contributed by atoms with Crippen LogP contribution in [0, 0.1) is 0 Å². The van der Waals surface area contributed by atoms with Crippen LogP contribution in [0.1, 0.15) is 110 Å². The van der Waals surface area contributed by atoms with E-state index in [1.165, 1.54) is 0 Å². The second kappa shape index (κ2) is 10.3. The van der Waals surface area contributed by atoms with Crippen molar-refractivity contribution in [3.05, 3.63) is 33.9 Å². The van der Waals surface area contributed by atoms with Crippen LogP contribution in [0.3, 0.4) is 0 Å². The topological polar surface area (TPSA) is 94.8 Å². The predicted molar refractivity (Wildman–Crippen MR) is 126 cm³/mol. The van der Waals surface area contributed by atoms with Gasteiger partial charge in [0.25, 0.3) is 0 Å². The standard InChI is InChI=1S/C26H40O5/c1-9-13-25(5,6)19-15-18(16(11-3)20(23(28)29)24(30)31)17(12-4)21(22(19)27)26(7,8)14-10-2/h15,27H,9-14H2,1-8H3,(H,28,29)(H,30,31). The number of phenols is 1. The highest BCUT2D eigenvalue weighted by molar-refractivity contribution is 6.18. The fourth-order valence-electron chi connectivity index (χ4n) is 4.95. The van der Waals surface area contributed by atoms with Crippen LogP contribution in [0.5, 0.6) is 5.75 Å². The molecule has 0 bridgehead atoms. The predicted octanol–water partition coefficient (Wildman–Crippen LogP) is 6.44. The summed E-state index contributed by atoms with van der Waals surface area (Å²) >= 11 is 0. The van der Waals surface area contributed by atoms with Crippen molar-refractivity contribution >= 4 is 17.5 Å². The van der Waals surface area contributed by atoms with Crippen molar-refractivity contribution in [2.24, 2.45) is 0 Å². The summed E-state index contributed by atoms with van der Waals surface area (Å²) in [5.41, 5.74) is 2.06. The van der Waals surface area contributed by atoms with Crippen LogP contribution in [0.2, 0.25) is 0 Å². The van der Waals surface area contributed by atoms with Crippen LogP contribution >= 0.6 is 0 Å². The lowest BCUT2D eigenvalue weighted by molar-refractivity contribution is -0.140. The number of carboxylic acid groups (broad SMARTS) is 2. The molecule has 3 N–H and O–H groups in total. The quantitative estimate of drug-likeness (QED) is 0.212. The molecule has 1 aromatic rings. The molecule has 0 saturated carbocycles. The Morgan fingerprint density at radius 3 is 1.74 bits per heavy atom. The van der Waals surface area contributed by atoms with E-state index in [-0.39, 0.29) is 23.0 Å². The van der Waals surface area contributed by atoms with Gasteiger partial charge in [0.15, 0.2) is 0 Å². The molecule has 0 heterocycles. The first-order valence-corrected chi connectivity index (χ1v) is 11.4. The maximum Gasteiger partial charge on any atom is 0.343 e. The van der Waals surface area contributed by atoms with Gasteiger partial charge in [-0.05, 0) is 59.3 Å². The summed E-state index contributed by atoms with van der Waals surface area (Å²) in [6, 6.07) is 1.85. The zero-order valence-electron chi connectivity index (χ0n) is 20.5. The molecule has 1 aromatic carbocycles. The monoisotopic (exact) mass is 432 g/mol. The van der Waals surface area contributed by atoms with Crippen molar-refractivity contribution < 1.29 is 24.9 Å². The molecule has 0 aliphatic rings. The van der Waals surface area contributed by atoms with E-state index < -0.39 is 17.5 Å². The lowest BCUT2D eigenvalue weighted by atomic mass is 9.70. The highest BCUT2D eigenvalue weighted by atomic mass is 16.4. The number of hydrogen-bond donors (Lipinski definition) is 3. The molecule has 5 nitrogen and oxygen atoms in total. The molecule has 0 unspecified atom stereocenters. The van der Waals surface area contributed by atoms with Gasteiger partial charge in [-0.1, -0.05) is 68.2 Å². The van der Waals surface area contributed by atoms with Crippen molar-refractivity contribution in [2.75, 3.05) is 0 Å². The van der Waals surface area contributed by atoms with Crippen LogP contribution in [0.4, 0.5) is 0 Å². The smallest absolute Gasteiger partial charge is 0.343 e.